The molecule has 0 unspecified atom stereocenters. The molecule has 0 aliphatic carbocycles. The number of nitrogens with two attached hydrogens (primary N) is 1. The number of benzene rings is 2. The molecule has 2 aromatic carbocycles. The highest BCUT2D eigenvalue weighted by molar-refractivity contribution is 7.86. The van der Waals surface area contributed by atoms with E-state index in [0.717, 1.165) is 10.9 Å². The summed E-state index contributed by atoms with van der Waals surface area (Å²) in [5.74, 6) is 0. The van der Waals surface area contributed by atoms with Crippen LogP contribution in [-0.2, 0) is 10.1 Å². The van der Waals surface area contributed by atoms with Gasteiger partial charge in [-0.15, -0.1) is 5.11 Å². The number of nitrogen functional groups attached to an aromatic ring is 1. The molecule has 0 aliphatic heterocycles. The van der Waals surface area contributed by atoms with Crippen molar-refractivity contribution in [3.05, 3.63) is 60.9 Å². The van der Waals surface area contributed by atoms with Gasteiger partial charge in [-0.3, -0.25) is 14.5 Å². The molecule has 3 N–H and O–H groups in total. The predicted octanol–water partition coefficient (Wildman–Crippen LogP) is 4.03. The third-order valence-corrected chi connectivity index (χ3v) is 4.90. The monoisotopic (exact) mass is 379 g/mol. The largest absolute Gasteiger partial charge is 0.395 e. The fourth-order valence-corrected chi connectivity index (χ4v) is 3.46. The predicted molar refractivity (Wildman–Crippen MR) is 102 cm³/mol. The molecular formula is C18H13N5O3S. The summed E-state index contributed by atoms with van der Waals surface area (Å²) in [6.45, 7) is 0. The van der Waals surface area contributed by atoms with Crippen LogP contribution in [0.25, 0.3) is 21.8 Å². The van der Waals surface area contributed by atoms with Crippen LogP contribution in [0.2, 0.25) is 0 Å². The lowest BCUT2D eigenvalue weighted by molar-refractivity contribution is 0.484. The fourth-order valence-electron chi connectivity index (χ4n) is 2.75. The van der Waals surface area contributed by atoms with E-state index in [4.69, 9.17) is 5.73 Å². The number of fused-ring (bicyclic) bond motifs is 2. The Hall–Kier alpha value is -3.43. The van der Waals surface area contributed by atoms with Crippen LogP contribution in [0.1, 0.15) is 0 Å². The molecule has 0 saturated carbocycles. The molecule has 9 heteroatoms. The zero-order valence-corrected chi connectivity index (χ0v) is 14.6. The van der Waals surface area contributed by atoms with Gasteiger partial charge in [-0.1, -0.05) is 6.07 Å². The molecule has 0 radical (unpaired) electrons. The second-order valence-corrected chi connectivity index (χ2v) is 7.15. The second kappa shape index (κ2) is 6.38. The Balaban J connectivity index is 1.85. The van der Waals surface area contributed by atoms with Gasteiger partial charge in [0.2, 0.25) is 0 Å². The number of hydrogen-bond donors (Lipinski definition) is 2. The van der Waals surface area contributed by atoms with Crippen molar-refractivity contribution >= 4 is 49.0 Å². The highest BCUT2D eigenvalue weighted by Crippen LogP contribution is 2.35. The van der Waals surface area contributed by atoms with E-state index in [0.29, 0.717) is 5.69 Å². The topological polar surface area (TPSA) is 131 Å². The van der Waals surface area contributed by atoms with Crippen molar-refractivity contribution in [3.8, 4) is 0 Å². The number of pyridine rings is 2. The summed E-state index contributed by atoms with van der Waals surface area (Å²) in [7, 11) is -4.49. The van der Waals surface area contributed by atoms with Gasteiger partial charge in [0, 0.05) is 23.2 Å². The van der Waals surface area contributed by atoms with Gasteiger partial charge in [-0.2, -0.15) is 13.5 Å². The molecule has 0 aliphatic rings. The smallest absolute Gasteiger partial charge is 0.295 e. The molecule has 4 rings (SSSR count). The summed E-state index contributed by atoms with van der Waals surface area (Å²) in [5.41, 5.74) is 7.94. The molecular weight excluding hydrogens is 366 g/mol. The van der Waals surface area contributed by atoms with Gasteiger partial charge in [-0.05, 0) is 42.5 Å². The molecule has 4 aromatic rings. The van der Waals surface area contributed by atoms with Crippen molar-refractivity contribution in [2.24, 2.45) is 10.2 Å². The standard InChI is InChI=1S/C18H13N5O3S/c19-17-15(10-16(27(24,25)26)13-4-2-8-21-18(13)17)23-22-12-5-6-14-11(9-12)3-1-7-20-14/h1-10H,19H2,(H,24,25,26). The minimum atomic E-state index is -4.49. The summed E-state index contributed by atoms with van der Waals surface area (Å²) in [6.07, 6.45) is 3.17. The van der Waals surface area contributed by atoms with Crippen LogP contribution < -0.4 is 5.73 Å². The van der Waals surface area contributed by atoms with Crippen molar-refractivity contribution < 1.29 is 13.0 Å². The molecule has 27 heavy (non-hydrogen) atoms. The van der Waals surface area contributed by atoms with Crippen LogP contribution in [0, 0.1) is 0 Å². The Morgan fingerprint density at radius 1 is 0.963 bits per heavy atom. The number of hydrogen-bond acceptors (Lipinski definition) is 7. The maximum Gasteiger partial charge on any atom is 0.295 e. The molecule has 0 amide bonds. The van der Waals surface area contributed by atoms with Crippen LogP contribution in [0.5, 0.6) is 0 Å². The number of azo groups is 1. The lowest BCUT2D eigenvalue weighted by atomic mass is 10.1. The van der Waals surface area contributed by atoms with Crippen LogP contribution in [0.15, 0.2) is 76.0 Å². The van der Waals surface area contributed by atoms with Crippen molar-refractivity contribution in [1.82, 2.24) is 9.97 Å². The molecule has 0 saturated heterocycles. The van der Waals surface area contributed by atoms with Gasteiger partial charge in [0.25, 0.3) is 10.1 Å². The Bertz CT molecular complexity index is 1320. The summed E-state index contributed by atoms with van der Waals surface area (Å²) in [5, 5.41) is 9.31. The van der Waals surface area contributed by atoms with Crippen molar-refractivity contribution in [2.45, 2.75) is 4.90 Å². The van der Waals surface area contributed by atoms with E-state index in [1.54, 1.807) is 30.5 Å². The highest BCUT2D eigenvalue weighted by atomic mass is 32.2. The van der Waals surface area contributed by atoms with E-state index in [9.17, 15) is 13.0 Å². The molecule has 2 aromatic heterocycles. The maximum atomic E-state index is 11.7. The molecule has 0 bridgehead atoms. The zero-order chi connectivity index (χ0) is 19.0. The summed E-state index contributed by atoms with van der Waals surface area (Å²) in [4.78, 5) is 8.01. The minimum Gasteiger partial charge on any atom is -0.395 e. The molecule has 0 spiro atoms. The molecule has 134 valence electrons. The zero-order valence-electron chi connectivity index (χ0n) is 13.8. The van der Waals surface area contributed by atoms with E-state index in [1.165, 1.54) is 18.3 Å². The maximum absolute atomic E-state index is 11.7. The van der Waals surface area contributed by atoms with E-state index < -0.39 is 10.1 Å². The average molecular weight is 379 g/mol. The first kappa shape index (κ1) is 17.0. The summed E-state index contributed by atoms with van der Waals surface area (Å²) < 4.78 is 33.0. The normalized spacial score (nSPS) is 12.2. The van der Waals surface area contributed by atoms with Gasteiger partial charge in [-0.25, -0.2) is 0 Å². The molecule has 2 heterocycles. The van der Waals surface area contributed by atoms with Gasteiger partial charge >= 0.3 is 0 Å². The highest BCUT2D eigenvalue weighted by Gasteiger charge is 2.19. The van der Waals surface area contributed by atoms with E-state index >= 15 is 0 Å². The minimum absolute atomic E-state index is 0.0973. The number of nitrogens with zero attached hydrogens (tertiary/aromatic N) is 4. The second-order valence-electron chi connectivity index (χ2n) is 5.76. The lowest BCUT2D eigenvalue weighted by Crippen LogP contribution is -2.01. The number of rotatable bonds is 3. The fraction of sp³-hybridized carbons (Fsp3) is 0. The Kier molecular flexibility index (Phi) is 4.02. The first-order valence-electron chi connectivity index (χ1n) is 7.85. The Morgan fingerprint density at radius 2 is 1.74 bits per heavy atom. The summed E-state index contributed by atoms with van der Waals surface area (Å²) in [6, 6.07) is 13.3. The van der Waals surface area contributed by atoms with Crippen LogP contribution in [0.4, 0.5) is 17.1 Å². The quantitative estimate of drug-likeness (QED) is 0.314. The first-order valence-corrected chi connectivity index (χ1v) is 9.29. The Morgan fingerprint density at radius 3 is 2.56 bits per heavy atom. The van der Waals surface area contributed by atoms with Crippen molar-refractivity contribution in [3.63, 3.8) is 0 Å². The van der Waals surface area contributed by atoms with Crippen LogP contribution >= 0.6 is 0 Å². The van der Waals surface area contributed by atoms with Crippen molar-refractivity contribution in [2.75, 3.05) is 5.73 Å². The van der Waals surface area contributed by atoms with E-state index in [2.05, 4.69) is 20.2 Å². The van der Waals surface area contributed by atoms with Gasteiger partial charge < -0.3 is 5.73 Å². The summed E-state index contributed by atoms with van der Waals surface area (Å²) >= 11 is 0. The van der Waals surface area contributed by atoms with Gasteiger partial charge in [0.15, 0.2) is 0 Å². The number of anilines is 1. The third kappa shape index (κ3) is 3.21. The lowest BCUT2D eigenvalue weighted by Gasteiger charge is -2.08. The number of aromatic nitrogens is 2. The van der Waals surface area contributed by atoms with Gasteiger partial charge in [0.05, 0.1) is 22.4 Å². The first-order chi connectivity index (χ1) is 12.9. The molecule has 0 fully saturated rings. The van der Waals surface area contributed by atoms with Crippen LogP contribution in [-0.4, -0.2) is 22.9 Å². The molecule has 8 nitrogen and oxygen atoms in total. The SMILES string of the molecule is Nc1c(N=Nc2ccc3ncccc3c2)cc(S(=O)(=O)O)c2cccnc12. The van der Waals surface area contributed by atoms with E-state index in [1.807, 2.05) is 12.1 Å². The van der Waals surface area contributed by atoms with Crippen molar-refractivity contribution in [1.29, 1.82) is 0 Å². The molecule has 0 atom stereocenters. The van der Waals surface area contributed by atoms with Gasteiger partial charge in [0.1, 0.15) is 10.6 Å². The van der Waals surface area contributed by atoms with E-state index in [-0.39, 0.29) is 27.2 Å². The Labute approximate surface area is 154 Å². The van der Waals surface area contributed by atoms with Crippen LogP contribution in [0.3, 0.4) is 0 Å². The third-order valence-electron chi connectivity index (χ3n) is 4.01. The average Bonchev–Trinajstić information content (AvgIpc) is 2.66.